The summed E-state index contributed by atoms with van der Waals surface area (Å²) in [6.07, 6.45) is 0. The predicted molar refractivity (Wildman–Crippen MR) is 96.8 cm³/mol. The van der Waals surface area contributed by atoms with Crippen LogP contribution < -0.4 is 9.47 Å². The summed E-state index contributed by atoms with van der Waals surface area (Å²) in [5, 5.41) is 8.80. The van der Waals surface area contributed by atoms with E-state index in [1.165, 1.54) is 0 Å². The van der Waals surface area contributed by atoms with Crippen LogP contribution in [0.2, 0.25) is 0 Å². The number of carbonyl (C=O) groups is 1. The van der Waals surface area contributed by atoms with Gasteiger partial charge >= 0.3 is 5.97 Å². The molecule has 1 aliphatic heterocycles. The van der Waals surface area contributed by atoms with Crippen molar-refractivity contribution in [3.05, 3.63) is 59.2 Å². The van der Waals surface area contributed by atoms with Gasteiger partial charge in [-0.25, -0.2) is 4.79 Å². The molecule has 0 aromatic heterocycles. The zero-order chi connectivity index (χ0) is 16.9. The Labute approximate surface area is 149 Å². The molecular weight excluding hydrogens is 342 g/mol. The fourth-order valence-electron chi connectivity index (χ4n) is 2.31. The maximum Gasteiger partial charge on any atom is 0.343 e. The molecule has 24 heavy (non-hydrogen) atoms. The van der Waals surface area contributed by atoms with Gasteiger partial charge in [0, 0.05) is 11.5 Å². The number of benzene rings is 2. The predicted octanol–water partition coefficient (Wildman–Crippen LogP) is 4.26. The number of nitrogens with zero attached hydrogens (tertiary/aromatic N) is 1. The Bertz CT molecular complexity index is 778. The fourth-order valence-corrected chi connectivity index (χ4v) is 5.14. The summed E-state index contributed by atoms with van der Waals surface area (Å²) < 4.78 is 11.2. The lowest BCUT2D eigenvalue weighted by Gasteiger charge is -2.13. The van der Waals surface area contributed by atoms with E-state index in [1.807, 2.05) is 41.7 Å². The number of rotatable bonds is 4. The molecule has 1 heterocycles. The molecule has 0 spiro atoms. The fraction of sp³-hybridized carbons (Fsp3) is 0.222. The van der Waals surface area contributed by atoms with E-state index in [0.717, 1.165) is 17.1 Å². The van der Waals surface area contributed by atoms with Gasteiger partial charge in [0.2, 0.25) is 0 Å². The molecule has 6 heteroatoms. The van der Waals surface area contributed by atoms with E-state index in [0.29, 0.717) is 27.2 Å². The van der Waals surface area contributed by atoms with Crippen molar-refractivity contribution in [3.63, 3.8) is 0 Å². The molecule has 0 saturated carbocycles. The lowest BCUT2D eigenvalue weighted by atomic mass is 10.1. The van der Waals surface area contributed by atoms with E-state index in [1.54, 1.807) is 37.4 Å². The summed E-state index contributed by atoms with van der Waals surface area (Å²) in [5.74, 6) is 2.75. The summed E-state index contributed by atoms with van der Waals surface area (Å²) in [5.41, 5.74) is 2.06. The topological polar surface area (TPSA) is 59.3 Å². The van der Waals surface area contributed by atoms with Gasteiger partial charge in [-0.15, -0.1) is 23.5 Å². The van der Waals surface area contributed by atoms with Gasteiger partial charge in [-0.05, 0) is 42.0 Å². The van der Waals surface area contributed by atoms with E-state index in [-0.39, 0.29) is 0 Å². The molecule has 0 N–H and O–H groups in total. The molecule has 2 aromatic carbocycles. The highest BCUT2D eigenvalue weighted by Gasteiger charge is 2.20. The standard InChI is InChI=1S/C18H15NO3S2/c1-21-16-10-14(18-23-8-9-24-18)6-7-15(16)22-17(20)13-4-2-12(11-19)3-5-13/h2-7,10,18H,8-9H2,1H3. The third-order valence-corrected chi connectivity index (χ3v) is 6.64. The van der Waals surface area contributed by atoms with Gasteiger partial charge in [0.25, 0.3) is 0 Å². The van der Waals surface area contributed by atoms with Crippen molar-refractivity contribution in [1.82, 2.24) is 0 Å². The molecule has 4 nitrogen and oxygen atoms in total. The van der Waals surface area contributed by atoms with Gasteiger partial charge < -0.3 is 9.47 Å². The molecule has 1 aliphatic rings. The van der Waals surface area contributed by atoms with Gasteiger partial charge in [-0.2, -0.15) is 5.26 Å². The molecule has 2 aromatic rings. The Balaban J connectivity index is 1.78. The van der Waals surface area contributed by atoms with Crippen LogP contribution in [-0.2, 0) is 0 Å². The largest absolute Gasteiger partial charge is 0.493 e. The Morgan fingerprint density at radius 3 is 2.46 bits per heavy atom. The first kappa shape index (κ1) is 16.7. The highest BCUT2D eigenvalue weighted by atomic mass is 32.2. The van der Waals surface area contributed by atoms with E-state index in [9.17, 15) is 4.79 Å². The Hall–Kier alpha value is -2.10. The van der Waals surface area contributed by atoms with Crippen LogP contribution in [0.4, 0.5) is 0 Å². The van der Waals surface area contributed by atoms with Crippen LogP contribution in [0.5, 0.6) is 11.5 Å². The monoisotopic (exact) mass is 357 g/mol. The van der Waals surface area contributed by atoms with Crippen LogP contribution in [0.15, 0.2) is 42.5 Å². The molecule has 0 aliphatic carbocycles. The average Bonchev–Trinajstić information content (AvgIpc) is 3.16. The lowest BCUT2D eigenvalue weighted by molar-refractivity contribution is 0.0729. The van der Waals surface area contributed by atoms with Crippen molar-refractivity contribution in [3.8, 4) is 17.6 Å². The van der Waals surface area contributed by atoms with Crippen LogP contribution in [0.1, 0.15) is 26.1 Å². The number of hydrogen-bond donors (Lipinski definition) is 0. The number of hydrogen-bond acceptors (Lipinski definition) is 6. The van der Waals surface area contributed by atoms with E-state index < -0.39 is 5.97 Å². The van der Waals surface area contributed by atoms with E-state index >= 15 is 0 Å². The van der Waals surface area contributed by atoms with Crippen molar-refractivity contribution >= 4 is 29.5 Å². The van der Waals surface area contributed by atoms with Gasteiger partial charge in [-0.3, -0.25) is 0 Å². The Morgan fingerprint density at radius 1 is 1.12 bits per heavy atom. The smallest absolute Gasteiger partial charge is 0.343 e. The molecule has 0 atom stereocenters. The highest BCUT2D eigenvalue weighted by molar-refractivity contribution is 8.19. The quantitative estimate of drug-likeness (QED) is 0.602. The number of thioether (sulfide) groups is 2. The number of carbonyl (C=O) groups excluding carboxylic acids is 1. The minimum absolute atomic E-state index is 0.391. The molecule has 0 bridgehead atoms. The molecule has 1 saturated heterocycles. The number of methoxy groups -OCH3 is 1. The number of ether oxygens (including phenoxy) is 2. The lowest BCUT2D eigenvalue weighted by Crippen LogP contribution is -2.09. The van der Waals surface area contributed by atoms with Gasteiger partial charge in [0.05, 0.1) is 28.9 Å². The number of esters is 1. The summed E-state index contributed by atoms with van der Waals surface area (Å²) in [6, 6.07) is 14.0. The van der Waals surface area contributed by atoms with E-state index in [4.69, 9.17) is 14.7 Å². The molecule has 0 radical (unpaired) electrons. The third kappa shape index (κ3) is 3.69. The number of nitriles is 1. The average molecular weight is 357 g/mol. The first-order valence-corrected chi connectivity index (χ1v) is 9.44. The Morgan fingerprint density at radius 2 is 1.83 bits per heavy atom. The molecule has 122 valence electrons. The zero-order valence-corrected chi connectivity index (χ0v) is 14.7. The molecule has 1 fully saturated rings. The first-order chi connectivity index (χ1) is 11.7. The minimum atomic E-state index is -0.477. The maximum atomic E-state index is 12.3. The van der Waals surface area contributed by atoms with Gasteiger partial charge in [-0.1, -0.05) is 6.07 Å². The second-order valence-corrected chi connectivity index (χ2v) is 7.79. The van der Waals surface area contributed by atoms with Crippen molar-refractivity contribution in [2.75, 3.05) is 18.6 Å². The first-order valence-electron chi connectivity index (χ1n) is 7.35. The van der Waals surface area contributed by atoms with E-state index in [2.05, 4.69) is 0 Å². The second-order valence-electron chi connectivity index (χ2n) is 5.06. The molecular formula is C18H15NO3S2. The van der Waals surface area contributed by atoms with Gasteiger partial charge in [0.1, 0.15) is 0 Å². The normalized spacial score (nSPS) is 14.2. The van der Waals surface area contributed by atoms with Crippen molar-refractivity contribution in [2.45, 2.75) is 4.58 Å². The Kier molecular flexibility index (Phi) is 5.34. The van der Waals surface area contributed by atoms with Crippen molar-refractivity contribution in [2.24, 2.45) is 0 Å². The minimum Gasteiger partial charge on any atom is -0.493 e. The highest BCUT2D eigenvalue weighted by Crippen LogP contribution is 2.46. The van der Waals surface area contributed by atoms with Crippen molar-refractivity contribution in [1.29, 1.82) is 5.26 Å². The van der Waals surface area contributed by atoms with Crippen molar-refractivity contribution < 1.29 is 14.3 Å². The molecule has 0 amide bonds. The summed E-state index contributed by atoms with van der Waals surface area (Å²) >= 11 is 3.82. The van der Waals surface area contributed by atoms with Crippen LogP contribution in [0.25, 0.3) is 0 Å². The summed E-state index contributed by atoms with van der Waals surface area (Å²) in [4.78, 5) is 12.3. The SMILES string of the molecule is COc1cc(C2SCCS2)ccc1OC(=O)c1ccc(C#N)cc1. The van der Waals surface area contributed by atoms with Crippen LogP contribution in [0.3, 0.4) is 0 Å². The molecule has 0 unspecified atom stereocenters. The maximum absolute atomic E-state index is 12.3. The zero-order valence-electron chi connectivity index (χ0n) is 13.0. The van der Waals surface area contributed by atoms with Gasteiger partial charge in [0.15, 0.2) is 11.5 Å². The van der Waals surface area contributed by atoms with Crippen LogP contribution in [-0.4, -0.2) is 24.6 Å². The van der Waals surface area contributed by atoms with Crippen LogP contribution >= 0.6 is 23.5 Å². The van der Waals surface area contributed by atoms with Crippen LogP contribution in [0, 0.1) is 11.3 Å². The summed E-state index contributed by atoms with van der Waals surface area (Å²) in [7, 11) is 1.56. The summed E-state index contributed by atoms with van der Waals surface area (Å²) in [6.45, 7) is 0. The third-order valence-electron chi connectivity index (χ3n) is 3.53. The second kappa shape index (κ2) is 7.65. The molecule has 3 rings (SSSR count).